The van der Waals surface area contributed by atoms with Crippen LogP contribution in [0.15, 0.2) is 195 Å². The summed E-state index contributed by atoms with van der Waals surface area (Å²) < 4.78 is 4.77. The van der Waals surface area contributed by atoms with Crippen molar-refractivity contribution in [2.45, 2.75) is 6.92 Å². The van der Waals surface area contributed by atoms with Crippen molar-refractivity contribution in [2.24, 2.45) is 0 Å². The normalized spacial score (nSPS) is 12.1. The maximum absolute atomic E-state index is 3.90. The third-order valence-electron chi connectivity index (χ3n) is 10.0. The van der Waals surface area contributed by atoms with E-state index in [1.54, 1.807) is 0 Å². The number of allylic oxidation sites excluding steroid dienone is 5. The summed E-state index contributed by atoms with van der Waals surface area (Å²) in [6, 6.07) is 59.6. The molecule has 0 bridgehead atoms. The van der Waals surface area contributed by atoms with Gasteiger partial charge in [0.05, 0.1) is 22.1 Å². The van der Waals surface area contributed by atoms with E-state index in [9.17, 15) is 0 Å². The molecular formula is C49H36N2. The van der Waals surface area contributed by atoms with Crippen molar-refractivity contribution < 1.29 is 0 Å². The van der Waals surface area contributed by atoms with E-state index < -0.39 is 0 Å². The Bertz CT molecular complexity index is 2790. The van der Waals surface area contributed by atoms with Gasteiger partial charge in [0, 0.05) is 32.9 Å². The zero-order chi connectivity index (χ0) is 34.3. The van der Waals surface area contributed by atoms with Gasteiger partial charge in [-0.15, -0.1) is 0 Å². The lowest BCUT2D eigenvalue weighted by molar-refractivity contribution is 1.18. The van der Waals surface area contributed by atoms with Gasteiger partial charge in [-0.05, 0) is 101 Å². The summed E-state index contributed by atoms with van der Waals surface area (Å²) in [5.41, 5.74) is 14.3. The van der Waals surface area contributed by atoms with Crippen LogP contribution in [-0.4, -0.2) is 9.13 Å². The fourth-order valence-corrected chi connectivity index (χ4v) is 7.65. The quantitative estimate of drug-likeness (QED) is 0.152. The molecule has 0 saturated heterocycles. The fourth-order valence-electron chi connectivity index (χ4n) is 7.65. The van der Waals surface area contributed by atoms with Crippen LogP contribution in [0, 0.1) is 0 Å². The molecule has 2 heteroatoms. The zero-order valence-electron chi connectivity index (χ0n) is 28.5. The highest BCUT2D eigenvalue weighted by molar-refractivity contribution is 6.12. The average molecular weight is 653 g/mol. The molecule has 51 heavy (non-hydrogen) atoms. The number of nitrogens with zero attached hydrogens (tertiary/aromatic N) is 2. The molecule has 9 aromatic rings. The van der Waals surface area contributed by atoms with E-state index in [0.717, 1.165) is 16.9 Å². The SMILES string of the molecule is C=C/C=C(\C=C/C)c1ccc(-n2c3ccccc3c3cc(-c4ccc5c(c4)c4ccccc4n5-c4ccc(-c5ccccc5)cc4)ccc32)cc1. The minimum atomic E-state index is 1.14. The number of hydrogen-bond donors (Lipinski definition) is 0. The molecule has 0 saturated carbocycles. The Labute approximate surface area is 298 Å². The van der Waals surface area contributed by atoms with Crippen LogP contribution in [0.4, 0.5) is 0 Å². The Morgan fingerprint density at radius 2 is 0.902 bits per heavy atom. The van der Waals surface area contributed by atoms with Gasteiger partial charge in [-0.1, -0.05) is 134 Å². The summed E-state index contributed by atoms with van der Waals surface area (Å²) in [5.74, 6) is 0. The minimum Gasteiger partial charge on any atom is -0.309 e. The summed E-state index contributed by atoms with van der Waals surface area (Å²) in [7, 11) is 0. The smallest absolute Gasteiger partial charge is 0.0541 e. The van der Waals surface area contributed by atoms with Crippen molar-refractivity contribution in [3.8, 4) is 33.6 Å². The van der Waals surface area contributed by atoms with Crippen LogP contribution in [0.1, 0.15) is 12.5 Å². The van der Waals surface area contributed by atoms with Crippen molar-refractivity contribution in [1.29, 1.82) is 0 Å². The molecular weight excluding hydrogens is 617 g/mol. The van der Waals surface area contributed by atoms with E-state index >= 15 is 0 Å². The largest absolute Gasteiger partial charge is 0.309 e. The van der Waals surface area contributed by atoms with E-state index in [-0.39, 0.29) is 0 Å². The molecule has 9 rings (SSSR count). The number of aromatic nitrogens is 2. The summed E-state index contributed by atoms with van der Waals surface area (Å²) in [5, 5.41) is 4.99. The lowest BCUT2D eigenvalue weighted by atomic mass is 10.0. The highest BCUT2D eigenvalue weighted by Gasteiger charge is 2.16. The molecule has 0 fully saturated rings. The number of rotatable bonds is 7. The molecule has 0 aliphatic rings. The highest BCUT2D eigenvalue weighted by Crippen LogP contribution is 2.38. The van der Waals surface area contributed by atoms with Crippen molar-refractivity contribution in [3.63, 3.8) is 0 Å². The predicted molar refractivity (Wildman–Crippen MR) is 219 cm³/mol. The Kier molecular flexibility index (Phi) is 7.56. The molecule has 0 N–H and O–H groups in total. The van der Waals surface area contributed by atoms with E-state index in [1.807, 2.05) is 13.0 Å². The lowest BCUT2D eigenvalue weighted by Crippen LogP contribution is -1.94. The molecule has 2 nitrogen and oxygen atoms in total. The van der Waals surface area contributed by atoms with E-state index in [4.69, 9.17) is 0 Å². The standard InChI is InChI=1S/C49H36N2/c1-3-12-34(13-4-2)36-20-26-40(27-21-36)50-46-18-10-8-16-42(46)44-32-38(24-30-48(44)50)39-25-31-49-45(33-39)43-17-9-11-19-47(43)51(49)41-28-22-37(23-29-41)35-14-6-5-7-15-35/h3-33H,1H2,2H3/b13-4-,34-12+. The van der Waals surface area contributed by atoms with Gasteiger partial charge < -0.3 is 9.13 Å². The van der Waals surface area contributed by atoms with Crippen LogP contribution in [0.2, 0.25) is 0 Å². The number of fused-ring (bicyclic) bond motifs is 6. The predicted octanol–water partition coefficient (Wildman–Crippen LogP) is 13.4. The Morgan fingerprint density at radius 1 is 0.451 bits per heavy atom. The molecule has 0 atom stereocenters. The second-order valence-corrected chi connectivity index (χ2v) is 13.0. The third-order valence-corrected chi connectivity index (χ3v) is 10.0. The average Bonchev–Trinajstić information content (AvgIpc) is 3.70. The number of para-hydroxylation sites is 2. The Hall–Kier alpha value is -6.64. The molecule has 0 amide bonds. The van der Waals surface area contributed by atoms with Crippen LogP contribution in [0.5, 0.6) is 0 Å². The monoisotopic (exact) mass is 652 g/mol. The zero-order valence-corrected chi connectivity index (χ0v) is 28.5. The Morgan fingerprint density at radius 3 is 1.43 bits per heavy atom. The maximum Gasteiger partial charge on any atom is 0.0541 e. The van der Waals surface area contributed by atoms with Crippen molar-refractivity contribution in [2.75, 3.05) is 0 Å². The second-order valence-electron chi connectivity index (χ2n) is 13.0. The molecule has 0 unspecified atom stereocenters. The van der Waals surface area contributed by atoms with Crippen LogP contribution in [0.3, 0.4) is 0 Å². The lowest BCUT2D eigenvalue weighted by Gasteiger charge is -2.11. The van der Waals surface area contributed by atoms with Gasteiger partial charge in [0.1, 0.15) is 0 Å². The first-order valence-corrected chi connectivity index (χ1v) is 17.5. The molecule has 0 spiro atoms. The molecule has 7 aromatic carbocycles. The van der Waals surface area contributed by atoms with Gasteiger partial charge in [-0.3, -0.25) is 0 Å². The fraction of sp³-hybridized carbons (Fsp3) is 0.0204. The van der Waals surface area contributed by atoms with Gasteiger partial charge in [-0.25, -0.2) is 0 Å². The number of hydrogen-bond acceptors (Lipinski definition) is 0. The summed E-state index contributed by atoms with van der Waals surface area (Å²) in [4.78, 5) is 0. The van der Waals surface area contributed by atoms with Gasteiger partial charge in [-0.2, -0.15) is 0 Å². The summed E-state index contributed by atoms with van der Waals surface area (Å²) in [6.07, 6.45) is 8.08. The van der Waals surface area contributed by atoms with Gasteiger partial charge in [0.2, 0.25) is 0 Å². The maximum atomic E-state index is 3.90. The van der Waals surface area contributed by atoms with Crippen LogP contribution in [-0.2, 0) is 0 Å². The first-order valence-electron chi connectivity index (χ1n) is 17.5. The van der Waals surface area contributed by atoms with E-state index in [1.165, 1.54) is 71.4 Å². The van der Waals surface area contributed by atoms with Crippen LogP contribution < -0.4 is 0 Å². The van der Waals surface area contributed by atoms with Gasteiger partial charge >= 0.3 is 0 Å². The summed E-state index contributed by atoms with van der Waals surface area (Å²) >= 11 is 0. The van der Waals surface area contributed by atoms with E-state index in [0.29, 0.717) is 0 Å². The second kappa shape index (κ2) is 12.7. The van der Waals surface area contributed by atoms with Crippen molar-refractivity contribution in [3.05, 3.63) is 200 Å². The van der Waals surface area contributed by atoms with Crippen molar-refractivity contribution >= 4 is 49.2 Å². The topological polar surface area (TPSA) is 9.86 Å². The van der Waals surface area contributed by atoms with E-state index in [2.05, 4.69) is 198 Å². The van der Waals surface area contributed by atoms with Crippen molar-refractivity contribution in [1.82, 2.24) is 9.13 Å². The first-order chi connectivity index (χ1) is 25.2. The molecule has 2 heterocycles. The molecule has 242 valence electrons. The summed E-state index contributed by atoms with van der Waals surface area (Å²) in [6.45, 7) is 5.94. The molecule has 0 radical (unpaired) electrons. The molecule has 0 aliphatic carbocycles. The first kappa shape index (κ1) is 30.4. The third kappa shape index (κ3) is 5.21. The molecule has 2 aromatic heterocycles. The van der Waals surface area contributed by atoms with Gasteiger partial charge in [0.25, 0.3) is 0 Å². The minimum absolute atomic E-state index is 1.14. The van der Waals surface area contributed by atoms with Crippen LogP contribution >= 0.6 is 0 Å². The highest BCUT2D eigenvalue weighted by atomic mass is 15.0. The number of benzene rings is 7. The molecule has 0 aliphatic heterocycles. The van der Waals surface area contributed by atoms with Crippen LogP contribution in [0.25, 0.3) is 82.8 Å². The van der Waals surface area contributed by atoms with Gasteiger partial charge in [0.15, 0.2) is 0 Å². The Balaban J connectivity index is 1.15.